The molecular formula is C54H65N3O2Pt. The van der Waals surface area contributed by atoms with Crippen LogP contribution in [0.2, 0.25) is 0 Å². The van der Waals surface area contributed by atoms with Crippen LogP contribution in [0.25, 0.3) is 38.8 Å². The molecule has 0 unspecified atom stereocenters. The van der Waals surface area contributed by atoms with E-state index < -0.39 is 0 Å². The van der Waals surface area contributed by atoms with Crippen molar-refractivity contribution in [3.63, 3.8) is 0 Å². The molecular weight excluding hydrogens is 918 g/mol. The molecule has 1 aliphatic heterocycles. The molecule has 0 amide bonds. The smallest absolute Gasteiger partial charge is 0.518 e. The molecule has 4 aromatic carbocycles. The van der Waals surface area contributed by atoms with Crippen molar-refractivity contribution >= 4 is 27.7 Å². The molecule has 6 heteroatoms. The standard InChI is InChI=1S/C54H65N3O2.Pt/c1-14-17-38(18-15-2)54(13)33-58-51(56-54)37-27-36(50-43(34(3)4)19-16-20-44(50)35(5)6)28-42(29-37)59-41-22-23-45-46-30-39(52(7,8)9)21-24-47(46)57(48(45)32-41)49-31-40(25-26-55-49)53(10,11)12;/h16,19-28,30-31,34-35,38H,14-15,17-18,33H2,1-13H3;/q-2;+2/t54-;/m0./s1. The van der Waals surface area contributed by atoms with E-state index in [1.54, 1.807) is 0 Å². The van der Waals surface area contributed by atoms with Crippen LogP contribution < -0.4 is 4.74 Å². The summed E-state index contributed by atoms with van der Waals surface area (Å²) in [4.78, 5) is 10.3. The Morgan fingerprint density at radius 1 is 0.767 bits per heavy atom. The summed E-state index contributed by atoms with van der Waals surface area (Å²) in [6, 6.07) is 33.8. The van der Waals surface area contributed by atoms with Crippen molar-refractivity contribution in [2.75, 3.05) is 6.61 Å². The van der Waals surface area contributed by atoms with Crippen LogP contribution in [-0.4, -0.2) is 27.6 Å². The Morgan fingerprint density at radius 2 is 1.42 bits per heavy atom. The Bertz CT molecular complexity index is 2480. The molecule has 0 bridgehead atoms. The van der Waals surface area contributed by atoms with E-state index in [4.69, 9.17) is 19.5 Å². The summed E-state index contributed by atoms with van der Waals surface area (Å²) in [5.41, 5.74) is 9.94. The fraction of sp³-hybridized carbons (Fsp3) is 0.444. The summed E-state index contributed by atoms with van der Waals surface area (Å²) in [5, 5.41) is 2.28. The van der Waals surface area contributed by atoms with Gasteiger partial charge in [-0.3, -0.25) is 4.99 Å². The Morgan fingerprint density at radius 3 is 2.03 bits per heavy atom. The molecule has 1 aliphatic rings. The van der Waals surface area contributed by atoms with Gasteiger partial charge in [-0.2, -0.15) is 6.07 Å². The molecule has 318 valence electrons. The van der Waals surface area contributed by atoms with Crippen LogP contribution >= 0.6 is 0 Å². The number of hydrogen-bond acceptors (Lipinski definition) is 4. The molecule has 0 spiro atoms. The summed E-state index contributed by atoms with van der Waals surface area (Å²) in [6.45, 7) is 30.0. The molecule has 0 aliphatic carbocycles. The van der Waals surface area contributed by atoms with Crippen molar-refractivity contribution < 1.29 is 30.5 Å². The van der Waals surface area contributed by atoms with Crippen molar-refractivity contribution in [1.29, 1.82) is 0 Å². The maximum atomic E-state index is 6.91. The fourth-order valence-electron chi connectivity index (χ4n) is 8.88. The van der Waals surface area contributed by atoms with E-state index in [0.717, 1.165) is 59.0 Å². The second-order valence-corrected chi connectivity index (χ2v) is 19.8. The van der Waals surface area contributed by atoms with Crippen LogP contribution in [-0.2, 0) is 36.6 Å². The van der Waals surface area contributed by atoms with Gasteiger partial charge in [0.05, 0.1) is 5.54 Å². The summed E-state index contributed by atoms with van der Waals surface area (Å²) in [6.07, 6.45) is 6.44. The third-order valence-electron chi connectivity index (χ3n) is 12.3. The molecule has 0 saturated heterocycles. The SMILES string of the molecule is CCCC(CCC)[C@]1(C)COC(c2[c-]c(Oc3[c-]c4c(cc3)c3cc(C(C)(C)C)ccc3n4-c3cc(C(C)(C)C)ccn3)cc(-c3c(C(C)C)cccc3C(C)C)c2)=N1.[Pt+2]. The summed E-state index contributed by atoms with van der Waals surface area (Å²) in [7, 11) is 0. The first-order chi connectivity index (χ1) is 27.9. The molecule has 60 heavy (non-hydrogen) atoms. The van der Waals surface area contributed by atoms with Crippen molar-refractivity contribution in [2.24, 2.45) is 10.9 Å². The molecule has 7 rings (SSSR count). The number of aliphatic imine (C=N–C) groups is 1. The molecule has 0 saturated carbocycles. The molecule has 1 atom stereocenters. The molecule has 0 N–H and O–H groups in total. The fourth-order valence-corrected chi connectivity index (χ4v) is 8.88. The molecule has 5 nitrogen and oxygen atoms in total. The average Bonchev–Trinajstić information content (AvgIpc) is 3.75. The van der Waals surface area contributed by atoms with Crippen LogP contribution in [0.5, 0.6) is 11.5 Å². The van der Waals surface area contributed by atoms with E-state index in [1.807, 2.05) is 12.3 Å². The molecule has 2 aromatic heterocycles. The number of aromatic nitrogens is 2. The van der Waals surface area contributed by atoms with Gasteiger partial charge in [0.15, 0.2) is 0 Å². The van der Waals surface area contributed by atoms with Crippen molar-refractivity contribution in [1.82, 2.24) is 9.55 Å². The summed E-state index contributed by atoms with van der Waals surface area (Å²) < 4.78 is 15.7. The van der Waals surface area contributed by atoms with Gasteiger partial charge in [-0.1, -0.05) is 155 Å². The normalized spacial score (nSPS) is 15.9. The van der Waals surface area contributed by atoms with Crippen molar-refractivity contribution in [3.05, 3.63) is 119 Å². The maximum Gasteiger partial charge on any atom is 2.00 e. The monoisotopic (exact) mass is 982 g/mol. The summed E-state index contributed by atoms with van der Waals surface area (Å²) >= 11 is 0. The zero-order valence-corrected chi connectivity index (χ0v) is 40.5. The average molecular weight is 983 g/mol. The van der Waals surface area contributed by atoms with Gasteiger partial charge >= 0.3 is 21.1 Å². The van der Waals surface area contributed by atoms with E-state index >= 15 is 0 Å². The predicted octanol–water partition coefficient (Wildman–Crippen LogP) is 14.8. The molecule has 3 heterocycles. The van der Waals surface area contributed by atoms with Crippen LogP contribution in [0.1, 0.15) is 155 Å². The van der Waals surface area contributed by atoms with Gasteiger partial charge < -0.3 is 14.0 Å². The quantitative estimate of drug-likeness (QED) is 0.115. The van der Waals surface area contributed by atoms with Gasteiger partial charge in [0.2, 0.25) is 0 Å². The second kappa shape index (κ2) is 17.6. The topological polar surface area (TPSA) is 48.6 Å². The molecule has 0 radical (unpaired) electrons. The first-order valence-electron chi connectivity index (χ1n) is 22.0. The first-order valence-corrected chi connectivity index (χ1v) is 22.0. The second-order valence-electron chi connectivity index (χ2n) is 19.8. The van der Waals surface area contributed by atoms with Crippen LogP contribution in [0, 0.1) is 18.1 Å². The Hall–Kier alpha value is -4.21. The summed E-state index contributed by atoms with van der Waals surface area (Å²) in [5.74, 6) is 3.82. The number of pyridine rings is 1. The number of ether oxygens (including phenoxy) is 2. The van der Waals surface area contributed by atoms with Crippen molar-refractivity contribution in [2.45, 2.75) is 144 Å². The number of hydrogen-bond donors (Lipinski definition) is 0. The van der Waals surface area contributed by atoms with E-state index in [2.05, 4.69) is 173 Å². The van der Waals surface area contributed by atoms with Gasteiger partial charge in [-0.15, -0.1) is 23.6 Å². The van der Waals surface area contributed by atoms with E-state index in [9.17, 15) is 0 Å². The minimum atomic E-state index is -0.289. The predicted molar refractivity (Wildman–Crippen MR) is 248 cm³/mol. The Labute approximate surface area is 374 Å². The Balaban J connectivity index is 0.00000604. The van der Waals surface area contributed by atoms with Gasteiger partial charge in [-0.05, 0) is 99.8 Å². The molecule has 0 fully saturated rings. The largest absolute Gasteiger partial charge is 2.00 e. The van der Waals surface area contributed by atoms with Crippen LogP contribution in [0.3, 0.4) is 0 Å². The zero-order valence-electron chi connectivity index (χ0n) is 38.2. The number of fused-ring (bicyclic) bond motifs is 3. The Kier molecular flexibility index (Phi) is 13.3. The van der Waals surface area contributed by atoms with E-state index in [0.29, 0.717) is 41.8 Å². The van der Waals surface area contributed by atoms with Gasteiger partial charge in [0.25, 0.3) is 0 Å². The van der Waals surface area contributed by atoms with Gasteiger partial charge in [0.1, 0.15) is 18.3 Å². The number of benzene rings is 4. The maximum absolute atomic E-state index is 6.91. The van der Waals surface area contributed by atoms with E-state index in [1.165, 1.54) is 33.2 Å². The van der Waals surface area contributed by atoms with Crippen LogP contribution in [0.15, 0.2) is 84.0 Å². The van der Waals surface area contributed by atoms with Gasteiger partial charge in [0, 0.05) is 23.2 Å². The minimum absolute atomic E-state index is 0. The van der Waals surface area contributed by atoms with Crippen molar-refractivity contribution in [3.8, 4) is 28.4 Å². The zero-order chi connectivity index (χ0) is 42.4. The third kappa shape index (κ3) is 9.04. The van der Waals surface area contributed by atoms with Crippen LogP contribution in [0.4, 0.5) is 0 Å². The molecule has 6 aromatic rings. The van der Waals surface area contributed by atoms with E-state index in [-0.39, 0.29) is 37.4 Å². The number of rotatable bonds is 12. The minimum Gasteiger partial charge on any atom is -0.518 e. The first kappa shape index (κ1) is 45.3. The van der Waals surface area contributed by atoms with Gasteiger partial charge in [-0.25, -0.2) is 4.98 Å². The third-order valence-corrected chi connectivity index (χ3v) is 12.3. The number of nitrogens with zero attached hydrogens (tertiary/aromatic N) is 3.